The minimum atomic E-state index is -1.41. The van der Waals surface area contributed by atoms with Crippen LogP contribution in [0.2, 0.25) is 26.2 Å². The van der Waals surface area contributed by atoms with Crippen molar-refractivity contribution in [3.63, 3.8) is 0 Å². The Morgan fingerprint density at radius 3 is 1.92 bits per heavy atom. The summed E-state index contributed by atoms with van der Waals surface area (Å²) >= 11 is 0. The van der Waals surface area contributed by atoms with Crippen LogP contribution < -0.4 is 15.6 Å². The van der Waals surface area contributed by atoms with Crippen LogP contribution in [0.3, 0.4) is 0 Å². The molecule has 0 saturated carbocycles. The van der Waals surface area contributed by atoms with Gasteiger partial charge in [-0.3, -0.25) is 0 Å². The fraction of sp³-hybridized carbons (Fsp3) is 0.167. The molecule has 2 heteroatoms. The SMILES string of the molecule is C[SiH](c1cccc2ccccc12)c1cccc2cccc([Si](C)(C)C)c12. The number of hydrogen-bond acceptors (Lipinski definition) is 0. The van der Waals surface area contributed by atoms with Crippen molar-refractivity contribution in [3.8, 4) is 0 Å². The summed E-state index contributed by atoms with van der Waals surface area (Å²) in [5.41, 5.74) is 0. The summed E-state index contributed by atoms with van der Waals surface area (Å²) in [5, 5.41) is 10.5. The van der Waals surface area contributed by atoms with E-state index >= 15 is 0 Å². The Balaban J connectivity index is 1.99. The smallest absolute Gasteiger partial charge is 0.0656 e. The standard InChI is InChI=1S/C24H26Si2/c1-25(21-15-7-11-18-10-5-6-14-20(18)21)22-16-8-12-19-13-9-17-23(24(19)22)26(2,3)4/h5-17,25H,1-4H3. The van der Waals surface area contributed by atoms with E-state index < -0.39 is 16.9 Å². The molecule has 1 unspecified atom stereocenters. The molecule has 0 amide bonds. The fourth-order valence-electron chi connectivity index (χ4n) is 4.15. The number of benzene rings is 4. The molecule has 0 N–H and O–H groups in total. The van der Waals surface area contributed by atoms with Gasteiger partial charge >= 0.3 is 0 Å². The van der Waals surface area contributed by atoms with Crippen LogP contribution in [0.5, 0.6) is 0 Å². The average molecular weight is 371 g/mol. The molecule has 0 nitrogen and oxygen atoms in total. The lowest BCUT2D eigenvalue weighted by Crippen LogP contribution is -2.45. The molecule has 4 aromatic carbocycles. The maximum atomic E-state index is 2.50. The Morgan fingerprint density at radius 2 is 1.19 bits per heavy atom. The zero-order valence-electron chi connectivity index (χ0n) is 16.1. The van der Waals surface area contributed by atoms with Crippen molar-refractivity contribution >= 4 is 54.0 Å². The second-order valence-electron chi connectivity index (χ2n) is 8.29. The van der Waals surface area contributed by atoms with Gasteiger partial charge in [-0.25, -0.2) is 0 Å². The summed E-state index contributed by atoms with van der Waals surface area (Å²) in [5.74, 6) is 0. The zero-order valence-corrected chi connectivity index (χ0v) is 18.2. The van der Waals surface area contributed by atoms with Crippen molar-refractivity contribution in [3.05, 3.63) is 78.9 Å². The minimum Gasteiger partial charge on any atom is -0.0656 e. The molecule has 0 aliphatic carbocycles. The lowest BCUT2D eigenvalue weighted by atomic mass is 10.1. The van der Waals surface area contributed by atoms with Crippen molar-refractivity contribution in [2.24, 2.45) is 0 Å². The summed E-state index contributed by atoms with van der Waals surface area (Å²) in [7, 11) is -2.70. The largest absolute Gasteiger partial charge is 0.101 e. The van der Waals surface area contributed by atoms with Crippen molar-refractivity contribution in [2.75, 3.05) is 0 Å². The van der Waals surface area contributed by atoms with Gasteiger partial charge in [0.15, 0.2) is 0 Å². The molecule has 0 spiro atoms. The van der Waals surface area contributed by atoms with E-state index in [-0.39, 0.29) is 0 Å². The molecular weight excluding hydrogens is 344 g/mol. The topological polar surface area (TPSA) is 0 Å². The van der Waals surface area contributed by atoms with Crippen molar-refractivity contribution in [1.29, 1.82) is 0 Å². The maximum Gasteiger partial charge on any atom is 0.101 e. The van der Waals surface area contributed by atoms with Gasteiger partial charge in [-0.05, 0) is 21.5 Å². The third kappa shape index (κ3) is 2.93. The van der Waals surface area contributed by atoms with Crippen molar-refractivity contribution in [1.82, 2.24) is 0 Å². The van der Waals surface area contributed by atoms with Crippen LogP contribution in [0, 0.1) is 0 Å². The summed E-state index contributed by atoms with van der Waals surface area (Å²) in [6.07, 6.45) is 0. The van der Waals surface area contributed by atoms with Crippen LogP contribution in [0.1, 0.15) is 0 Å². The molecule has 0 heterocycles. The molecule has 1 atom stereocenters. The van der Waals surface area contributed by atoms with E-state index in [9.17, 15) is 0 Å². The molecule has 4 aromatic rings. The third-order valence-electron chi connectivity index (χ3n) is 5.50. The first-order chi connectivity index (χ1) is 12.5. The van der Waals surface area contributed by atoms with E-state index in [1.165, 1.54) is 16.2 Å². The first-order valence-electron chi connectivity index (χ1n) is 9.46. The molecule has 0 aliphatic heterocycles. The molecule has 0 aromatic heterocycles. The fourth-order valence-corrected chi connectivity index (χ4v) is 8.55. The van der Waals surface area contributed by atoms with Gasteiger partial charge in [0.2, 0.25) is 0 Å². The molecule has 0 fully saturated rings. The van der Waals surface area contributed by atoms with Gasteiger partial charge in [0, 0.05) is 0 Å². The summed E-state index contributed by atoms with van der Waals surface area (Å²) < 4.78 is 0. The molecule has 4 rings (SSSR count). The van der Waals surface area contributed by atoms with Gasteiger partial charge in [0.1, 0.15) is 8.80 Å². The van der Waals surface area contributed by atoms with E-state index in [4.69, 9.17) is 0 Å². The maximum absolute atomic E-state index is 2.50. The number of hydrogen-bond donors (Lipinski definition) is 0. The second-order valence-corrected chi connectivity index (χ2v) is 16.0. The summed E-state index contributed by atoms with van der Waals surface area (Å²) in [6, 6.07) is 29.5. The van der Waals surface area contributed by atoms with Crippen LogP contribution in [-0.4, -0.2) is 16.9 Å². The highest BCUT2D eigenvalue weighted by molar-refractivity contribution is 6.93. The van der Waals surface area contributed by atoms with E-state index in [1.54, 1.807) is 20.9 Å². The van der Waals surface area contributed by atoms with Crippen LogP contribution in [0.15, 0.2) is 78.9 Å². The lowest BCUT2D eigenvalue weighted by Gasteiger charge is -2.24. The van der Waals surface area contributed by atoms with Crippen molar-refractivity contribution < 1.29 is 0 Å². The predicted octanol–water partition coefficient (Wildman–Crippen LogP) is 4.51. The van der Waals surface area contributed by atoms with Crippen LogP contribution in [-0.2, 0) is 0 Å². The lowest BCUT2D eigenvalue weighted by molar-refractivity contribution is 1.72. The zero-order chi connectivity index (χ0) is 18.3. The van der Waals surface area contributed by atoms with E-state index in [1.807, 2.05) is 0 Å². The molecular formula is C24H26Si2. The number of fused-ring (bicyclic) bond motifs is 2. The Kier molecular flexibility index (Phi) is 4.33. The van der Waals surface area contributed by atoms with E-state index in [0.29, 0.717) is 0 Å². The van der Waals surface area contributed by atoms with Gasteiger partial charge in [-0.2, -0.15) is 0 Å². The van der Waals surface area contributed by atoms with Crippen LogP contribution in [0.4, 0.5) is 0 Å². The third-order valence-corrected chi connectivity index (χ3v) is 10.4. The highest BCUT2D eigenvalue weighted by Gasteiger charge is 2.23. The van der Waals surface area contributed by atoms with Crippen LogP contribution >= 0.6 is 0 Å². The van der Waals surface area contributed by atoms with Crippen LogP contribution in [0.25, 0.3) is 21.5 Å². The van der Waals surface area contributed by atoms with Gasteiger partial charge < -0.3 is 0 Å². The minimum absolute atomic E-state index is 1.30. The van der Waals surface area contributed by atoms with E-state index in [2.05, 4.69) is 105 Å². The van der Waals surface area contributed by atoms with Gasteiger partial charge in [0.05, 0.1) is 8.07 Å². The Hall–Kier alpha value is -2.17. The molecule has 0 bridgehead atoms. The first-order valence-corrected chi connectivity index (χ1v) is 15.3. The number of rotatable bonds is 3. The molecule has 130 valence electrons. The Bertz CT molecular complexity index is 1080. The molecule has 26 heavy (non-hydrogen) atoms. The monoisotopic (exact) mass is 370 g/mol. The Morgan fingerprint density at radius 1 is 0.615 bits per heavy atom. The summed E-state index contributed by atoms with van der Waals surface area (Å²) in [4.78, 5) is 0. The Labute approximate surface area is 159 Å². The summed E-state index contributed by atoms with van der Waals surface area (Å²) in [6.45, 7) is 9.88. The normalized spacial score (nSPS) is 13.2. The van der Waals surface area contributed by atoms with Crippen molar-refractivity contribution in [2.45, 2.75) is 26.2 Å². The molecule has 0 radical (unpaired) electrons. The van der Waals surface area contributed by atoms with Gasteiger partial charge in [0.25, 0.3) is 0 Å². The second kappa shape index (κ2) is 6.53. The van der Waals surface area contributed by atoms with Gasteiger partial charge in [-0.15, -0.1) is 0 Å². The first kappa shape index (κ1) is 17.3. The van der Waals surface area contributed by atoms with E-state index in [0.717, 1.165) is 0 Å². The quantitative estimate of drug-likeness (QED) is 0.466. The van der Waals surface area contributed by atoms with Gasteiger partial charge in [-0.1, -0.05) is 121 Å². The highest BCUT2D eigenvalue weighted by atomic mass is 28.3. The average Bonchev–Trinajstić information content (AvgIpc) is 2.65. The highest BCUT2D eigenvalue weighted by Crippen LogP contribution is 2.17. The molecule has 0 saturated heterocycles. The predicted molar refractivity (Wildman–Crippen MR) is 123 cm³/mol. The molecule has 0 aliphatic rings.